The molecule has 1 amide bonds. The van der Waals surface area contributed by atoms with Crippen molar-refractivity contribution >= 4 is 29.3 Å². The minimum absolute atomic E-state index is 0.396. The van der Waals surface area contributed by atoms with E-state index in [4.69, 9.17) is 4.42 Å². The van der Waals surface area contributed by atoms with Crippen LogP contribution in [0.2, 0.25) is 0 Å². The van der Waals surface area contributed by atoms with Gasteiger partial charge in [0.05, 0.1) is 5.52 Å². The molecule has 1 aliphatic carbocycles. The molecular formula is C26H26N2O3. The van der Waals surface area contributed by atoms with Crippen molar-refractivity contribution < 1.29 is 9.21 Å². The normalized spacial score (nSPS) is 13.6. The van der Waals surface area contributed by atoms with Crippen LogP contribution in [0.3, 0.4) is 0 Å². The van der Waals surface area contributed by atoms with Crippen LogP contribution < -0.4 is 11.1 Å². The molecule has 1 heterocycles. The highest BCUT2D eigenvalue weighted by Gasteiger charge is 2.15. The van der Waals surface area contributed by atoms with Gasteiger partial charge in [-0.2, -0.15) is 4.57 Å². The van der Waals surface area contributed by atoms with Gasteiger partial charge in [0.25, 0.3) is 0 Å². The van der Waals surface area contributed by atoms with E-state index in [2.05, 4.69) is 23.5 Å². The number of carbonyl (C=O) groups excluding carboxylic acids is 1. The van der Waals surface area contributed by atoms with E-state index < -0.39 is 11.8 Å². The molecule has 31 heavy (non-hydrogen) atoms. The Bertz CT molecular complexity index is 1200. The zero-order valence-electron chi connectivity index (χ0n) is 17.4. The molecule has 158 valence electrons. The number of nitrogens with zero attached hydrogens (tertiary/aromatic N) is 1. The van der Waals surface area contributed by atoms with Crippen molar-refractivity contribution in [1.29, 1.82) is 0 Å². The summed E-state index contributed by atoms with van der Waals surface area (Å²) in [6, 6.07) is 14.9. The van der Waals surface area contributed by atoms with E-state index in [1.165, 1.54) is 5.57 Å². The summed E-state index contributed by atoms with van der Waals surface area (Å²) in [7, 11) is 0. The average Bonchev–Trinajstić information content (AvgIpc) is 3.13. The van der Waals surface area contributed by atoms with Gasteiger partial charge in [-0.15, -0.1) is 0 Å². The first-order valence-corrected chi connectivity index (χ1v) is 10.7. The number of nitrogens with one attached hydrogen (secondary N) is 1. The minimum atomic E-state index is -0.671. The third-order valence-electron chi connectivity index (χ3n) is 5.38. The number of allylic oxidation sites excluding steroid dienone is 4. The molecule has 3 aromatic rings. The number of rotatable bonds is 7. The fraction of sp³-hybridized carbons (Fsp3) is 0.231. The van der Waals surface area contributed by atoms with Crippen LogP contribution in [0.4, 0.5) is 4.79 Å². The van der Waals surface area contributed by atoms with E-state index >= 15 is 0 Å². The first kappa shape index (κ1) is 20.7. The van der Waals surface area contributed by atoms with E-state index in [1.807, 2.05) is 48.6 Å². The maximum absolute atomic E-state index is 12.6. The van der Waals surface area contributed by atoms with Crippen molar-refractivity contribution in [3.8, 4) is 0 Å². The van der Waals surface area contributed by atoms with Crippen LogP contribution in [0, 0.1) is 0 Å². The fourth-order valence-corrected chi connectivity index (χ4v) is 3.70. The quantitative estimate of drug-likeness (QED) is 0.394. The summed E-state index contributed by atoms with van der Waals surface area (Å²) >= 11 is 0. The molecule has 5 heteroatoms. The Balaban J connectivity index is 1.37. The number of amides is 1. The van der Waals surface area contributed by atoms with Crippen LogP contribution in [-0.4, -0.2) is 17.1 Å². The highest BCUT2D eigenvalue weighted by Crippen LogP contribution is 2.18. The summed E-state index contributed by atoms with van der Waals surface area (Å²) in [5.74, 6) is -0.671. The average molecular weight is 415 g/mol. The number of carbonyl (C=O) groups is 1. The van der Waals surface area contributed by atoms with Crippen molar-refractivity contribution in [2.75, 3.05) is 6.54 Å². The maximum atomic E-state index is 12.6. The minimum Gasteiger partial charge on any atom is -0.407 e. The number of aromatic nitrogens is 1. The highest BCUT2D eigenvalue weighted by atomic mass is 16.4. The molecule has 0 spiro atoms. The second-order valence-corrected chi connectivity index (χ2v) is 7.66. The lowest BCUT2D eigenvalue weighted by atomic mass is 10.00. The van der Waals surface area contributed by atoms with Gasteiger partial charge >= 0.3 is 11.8 Å². The van der Waals surface area contributed by atoms with Crippen molar-refractivity contribution in [1.82, 2.24) is 9.88 Å². The molecule has 0 radical (unpaired) electrons. The van der Waals surface area contributed by atoms with Crippen LogP contribution in [0.25, 0.3) is 23.3 Å². The molecule has 0 aliphatic heterocycles. The van der Waals surface area contributed by atoms with Crippen molar-refractivity contribution in [2.24, 2.45) is 0 Å². The van der Waals surface area contributed by atoms with Crippen molar-refractivity contribution in [3.05, 3.63) is 94.0 Å². The molecule has 2 aromatic carbocycles. The van der Waals surface area contributed by atoms with Crippen molar-refractivity contribution in [2.45, 2.75) is 32.1 Å². The van der Waals surface area contributed by atoms with Crippen LogP contribution in [0.5, 0.6) is 0 Å². The molecule has 1 aromatic heterocycles. The lowest BCUT2D eigenvalue weighted by molar-refractivity contribution is 0.241. The fourth-order valence-electron chi connectivity index (χ4n) is 3.70. The second-order valence-electron chi connectivity index (χ2n) is 7.66. The number of hydrogen-bond donors (Lipinski definition) is 1. The molecule has 0 atom stereocenters. The molecular weight excluding hydrogens is 388 g/mol. The summed E-state index contributed by atoms with van der Waals surface area (Å²) in [4.78, 5) is 24.8. The van der Waals surface area contributed by atoms with Crippen LogP contribution in [-0.2, 0) is 0 Å². The predicted molar refractivity (Wildman–Crippen MR) is 125 cm³/mol. The Morgan fingerprint density at radius 3 is 2.71 bits per heavy atom. The van der Waals surface area contributed by atoms with Crippen LogP contribution >= 0.6 is 0 Å². The Morgan fingerprint density at radius 2 is 1.90 bits per heavy atom. The largest absolute Gasteiger partial charge is 0.428 e. The Labute approximate surface area is 181 Å². The summed E-state index contributed by atoms with van der Waals surface area (Å²) < 4.78 is 6.38. The second kappa shape index (κ2) is 9.94. The van der Waals surface area contributed by atoms with E-state index in [-0.39, 0.29) is 0 Å². The monoisotopic (exact) mass is 414 g/mol. The van der Waals surface area contributed by atoms with Crippen molar-refractivity contribution in [3.63, 3.8) is 0 Å². The molecule has 1 N–H and O–H groups in total. The number of fused-ring (bicyclic) bond motifs is 1. The van der Waals surface area contributed by atoms with E-state index in [9.17, 15) is 9.59 Å². The van der Waals surface area contributed by atoms with Gasteiger partial charge in [0, 0.05) is 6.54 Å². The molecule has 0 bridgehead atoms. The lowest BCUT2D eigenvalue weighted by Gasteiger charge is -2.09. The Kier molecular flexibility index (Phi) is 6.62. The van der Waals surface area contributed by atoms with Gasteiger partial charge in [-0.05, 0) is 55.4 Å². The summed E-state index contributed by atoms with van der Waals surface area (Å²) in [5, 5.41) is 2.83. The molecule has 0 saturated heterocycles. The summed E-state index contributed by atoms with van der Waals surface area (Å²) in [6.07, 6.45) is 15.6. The van der Waals surface area contributed by atoms with Gasteiger partial charge in [0.1, 0.15) is 0 Å². The van der Waals surface area contributed by atoms with E-state index in [1.54, 1.807) is 12.1 Å². The topological polar surface area (TPSA) is 64.2 Å². The third-order valence-corrected chi connectivity index (χ3v) is 5.38. The standard InChI is InChI=1S/C26H26N2O3/c29-25(27-18-8-7-13-20-9-3-1-4-10-20)28-23-17-16-22(19-24(23)31-26(28)30)15-14-21-11-5-2-6-12-21/h1-3,5-6,9,11-12,14-17,19H,4,7-8,10,13,18H2,(H,27,29)/b15-14+. The molecule has 0 fully saturated rings. The molecule has 0 unspecified atom stereocenters. The smallest absolute Gasteiger partial charge is 0.407 e. The van der Waals surface area contributed by atoms with Gasteiger partial charge in [-0.25, -0.2) is 9.59 Å². The predicted octanol–water partition coefficient (Wildman–Crippen LogP) is 5.77. The first-order valence-electron chi connectivity index (χ1n) is 10.7. The Hall–Kier alpha value is -3.60. The molecule has 4 rings (SSSR count). The van der Waals surface area contributed by atoms with Gasteiger partial charge < -0.3 is 9.73 Å². The molecule has 0 saturated carbocycles. The first-order chi connectivity index (χ1) is 15.2. The van der Waals surface area contributed by atoms with Crippen LogP contribution in [0.15, 0.2) is 81.5 Å². The number of hydrogen-bond acceptors (Lipinski definition) is 3. The highest BCUT2D eigenvalue weighted by molar-refractivity contribution is 5.89. The lowest BCUT2D eigenvalue weighted by Crippen LogP contribution is -2.34. The van der Waals surface area contributed by atoms with Crippen LogP contribution in [0.1, 0.15) is 43.2 Å². The van der Waals surface area contributed by atoms with Gasteiger partial charge in [-0.3, -0.25) is 0 Å². The zero-order chi connectivity index (χ0) is 21.5. The van der Waals surface area contributed by atoms with E-state index in [0.29, 0.717) is 17.6 Å². The zero-order valence-corrected chi connectivity index (χ0v) is 17.4. The number of benzene rings is 2. The SMILES string of the molecule is O=C(NCCCCC1=CC=CCC1)n1c(=O)oc2cc(/C=C/c3ccccc3)ccc21. The van der Waals surface area contributed by atoms with Gasteiger partial charge in [0.2, 0.25) is 0 Å². The number of unbranched alkanes of at least 4 members (excludes halogenated alkanes) is 1. The van der Waals surface area contributed by atoms with Gasteiger partial charge in [-0.1, -0.05) is 72.4 Å². The molecule has 1 aliphatic rings. The summed E-state index contributed by atoms with van der Waals surface area (Å²) in [5.41, 5.74) is 4.30. The van der Waals surface area contributed by atoms with Gasteiger partial charge in [0.15, 0.2) is 5.58 Å². The number of oxazole rings is 1. The van der Waals surface area contributed by atoms with E-state index in [0.717, 1.165) is 47.8 Å². The summed E-state index contributed by atoms with van der Waals surface area (Å²) in [6.45, 7) is 0.527. The molecule has 5 nitrogen and oxygen atoms in total. The maximum Gasteiger partial charge on any atom is 0.428 e. The third kappa shape index (κ3) is 5.31. The Morgan fingerprint density at radius 1 is 1.06 bits per heavy atom.